The highest BCUT2D eigenvalue weighted by Crippen LogP contribution is 2.37. The quantitative estimate of drug-likeness (QED) is 0.643. The van der Waals surface area contributed by atoms with Crippen LogP contribution in [0.25, 0.3) is 0 Å². The van der Waals surface area contributed by atoms with Crippen LogP contribution in [0.3, 0.4) is 0 Å². The van der Waals surface area contributed by atoms with Crippen LogP contribution in [0.1, 0.15) is 59.3 Å². The van der Waals surface area contributed by atoms with Crippen molar-refractivity contribution in [2.75, 3.05) is 6.54 Å². The molecule has 0 amide bonds. The third-order valence-electron chi connectivity index (χ3n) is 4.67. The maximum atomic E-state index is 3.84. The third kappa shape index (κ3) is 2.75. The molecule has 1 aliphatic heterocycles. The standard InChI is InChI=1S/C14H27N/c1-11-8-9-14(2,3)10-15-13-7-5-4-6-12(11)13/h11-13,15H,4-10H2,1-3H3. The van der Waals surface area contributed by atoms with E-state index in [0.717, 1.165) is 17.9 Å². The van der Waals surface area contributed by atoms with Gasteiger partial charge in [-0.25, -0.2) is 0 Å². The summed E-state index contributed by atoms with van der Waals surface area (Å²) >= 11 is 0. The van der Waals surface area contributed by atoms with Gasteiger partial charge < -0.3 is 5.32 Å². The minimum absolute atomic E-state index is 0.511. The van der Waals surface area contributed by atoms with Gasteiger partial charge in [0.1, 0.15) is 0 Å². The molecule has 88 valence electrons. The molecule has 0 aromatic heterocycles. The molecule has 3 atom stereocenters. The summed E-state index contributed by atoms with van der Waals surface area (Å²) in [7, 11) is 0. The smallest absolute Gasteiger partial charge is 0.00980 e. The minimum Gasteiger partial charge on any atom is -0.313 e. The monoisotopic (exact) mass is 209 g/mol. The van der Waals surface area contributed by atoms with Crippen LogP contribution in [0.5, 0.6) is 0 Å². The lowest BCUT2D eigenvalue weighted by atomic mass is 9.71. The van der Waals surface area contributed by atoms with Crippen LogP contribution in [-0.4, -0.2) is 12.6 Å². The zero-order chi connectivity index (χ0) is 10.9. The second-order valence-corrected chi connectivity index (χ2v) is 6.62. The predicted molar refractivity (Wildman–Crippen MR) is 65.9 cm³/mol. The van der Waals surface area contributed by atoms with Gasteiger partial charge in [0.25, 0.3) is 0 Å². The van der Waals surface area contributed by atoms with Crippen molar-refractivity contribution in [1.29, 1.82) is 0 Å². The van der Waals surface area contributed by atoms with Gasteiger partial charge in [0.15, 0.2) is 0 Å². The number of hydrogen-bond donors (Lipinski definition) is 1. The van der Waals surface area contributed by atoms with Crippen molar-refractivity contribution in [3.63, 3.8) is 0 Å². The van der Waals surface area contributed by atoms with Crippen molar-refractivity contribution in [3.05, 3.63) is 0 Å². The second-order valence-electron chi connectivity index (χ2n) is 6.62. The molecule has 0 aromatic rings. The van der Waals surface area contributed by atoms with Gasteiger partial charge in [0, 0.05) is 12.6 Å². The molecule has 2 aliphatic rings. The minimum atomic E-state index is 0.511. The fraction of sp³-hybridized carbons (Fsp3) is 1.00. The van der Waals surface area contributed by atoms with Gasteiger partial charge in [-0.05, 0) is 42.9 Å². The first kappa shape index (κ1) is 11.4. The third-order valence-corrected chi connectivity index (χ3v) is 4.67. The Bertz CT molecular complexity index is 209. The highest BCUT2D eigenvalue weighted by atomic mass is 14.9. The van der Waals surface area contributed by atoms with Crippen LogP contribution in [0.15, 0.2) is 0 Å². The second kappa shape index (κ2) is 4.45. The number of rotatable bonds is 0. The Balaban J connectivity index is 2.03. The average Bonchev–Trinajstić information content (AvgIpc) is 2.22. The van der Waals surface area contributed by atoms with E-state index in [-0.39, 0.29) is 0 Å². The van der Waals surface area contributed by atoms with E-state index in [2.05, 4.69) is 26.1 Å². The molecule has 3 unspecified atom stereocenters. The van der Waals surface area contributed by atoms with Crippen LogP contribution >= 0.6 is 0 Å². The lowest BCUT2D eigenvalue weighted by Gasteiger charge is -2.42. The summed E-state index contributed by atoms with van der Waals surface area (Å²) in [5, 5.41) is 3.84. The first-order chi connectivity index (χ1) is 7.08. The van der Waals surface area contributed by atoms with Crippen LogP contribution < -0.4 is 5.32 Å². The van der Waals surface area contributed by atoms with Crippen molar-refractivity contribution in [1.82, 2.24) is 5.32 Å². The van der Waals surface area contributed by atoms with E-state index in [9.17, 15) is 0 Å². The van der Waals surface area contributed by atoms with Gasteiger partial charge in [-0.2, -0.15) is 0 Å². The first-order valence-corrected chi connectivity index (χ1v) is 6.82. The molecule has 1 nitrogen and oxygen atoms in total. The number of nitrogens with one attached hydrogen (secondary N) is 1. The largest absolute Gasteiger partial charge is 0.313 e. The Morgan fingerprint density at radius 3 is 2.60 bits per heavy atom. The van der Waals surface area contributed by atoms with Crippen molar-refractivity contribution in [2.24, 2.45) is 17.3 Å². The molecule has 1 N–H and O–H groups in total. The summed E-state index contributed by atoms with van der Waals surface area (Å²) in [4.78, 5) is 0. The normalized spacial score (nSPS) is 41.4. The lowest BCUT2D eigenvalue weighted by molar-refractivity contribution is 0.130. The van der Waals surface area contributed by atoms with E-state index in [1.165, 1.54) is 45.1 Å². The average molecular weight is 209 g/mol. The van der Waals surface area contributed by atoms with Gasteiger partial charge in [-0.1, -0.05) is 33.6 Å². The molecule has 1 heterocycles. The first-order valence-electron chi connectivity index (χ1n) is 6.82. The number of fused-ring (bicyclic) bond motifs is 1. The van der Waals surface area contributed by atoms with Crippen LogP contribution in [0.4, 0.5) is 0 Å². The topological polar surface area (TPSA) is 12.0 Å². The Kier molecular flexibility index (Phi) is 3.39. The molecule has 1 saturated carbocycles. The molecule has 0 bridgehead atoms. The van der Waals surface area contributed by atoms with Gasteiger partial charge in [0.2, 0.25) is 0 Å². The Hall–Kier alpha value is -0.0400. The van der Waals surface area contributed by atoms with Crippen molar-refractivity contribution in [2.45, 2.75) is 65.3 Å². The van der Waals surface area contributed by atoms with Crippen LogP contribution in [0, 0.1) is 17.3 Å². The lowest BCUT2D eigenvalue weighted by Crippen LogP contribution is -2.47. The van der Waals surface area contributed by atoms with E-state index in [4.69, 9.17) is 0 Å². The SMILES string of the molecule is CC1CCC(C)(C)CNC2CCCCC12. The zero-order valence-electron chi connectivity index (χ0n) is 10.7. The predicted octanol–water partition coefficient (Wildman–Crippen LogP) is 3.59. The summed E-state index contributed by atoms with van der Waals surface area (Å²) in [5.74, 6) is 1.90. The maximum absolute atomic E-state index is 3.84. The fourth-order valence-corrected chi connectivity index (χ4v) is 3.42. The van der Waals surface area contributed by atoms with Crippen molar-refractivity contribution >= 4 is 0 Å². The van der Waals surface area contributed by atoms with Crippen LogP contribution in [0.2, 0.25) is 0 Å². The van der Waals surface area contributed by atoms with E-state index >= 15 is 0 Å². The van der Waals surface area contributed by atoms with E-state index in [1.807, 2.05) is 0 Å². The van der Waals surface area contributed by atoms with Gasteiger partial charge in [-0.3, -0.25) is 0 Å². The summed E-state index contributed by atoms with van der Waals surface area (Å²) in [6.07, 6.45) is 8.64. The molecule has 1 saturated heterocycles. The summed E-state index contributed by atoms with van der Waals surface area (Å²) < 4.78 is 0. The molecule has 0 aromatic carbocycles. The summed E-state index contributed by atoms with van der Waals surface area (Å²) in [5.41, 5.74) is 0.511. The molecule has 2 rings (SSSR count). The molecular formula is C14H27N. The molecule has 0 radical (unpaired) electrons. The molecule has 15 heavy (non-hydrogen) atoms. The summed E-state index contributed by atoms with van der Waals surface area (Å²) in [6.45, 7) is 8.53. The Morgan fingerprint density at radius 1 is 1.07 bits per heavy atom. The molecule has 1 aliphatic carbocycles. The van der Waals surface area contributed by atoms with Crippen molar-refractivity contribution < 1.29 is 0 Å². The van der Waals surface area contributed by atoms with Crippen molar-refractivity contribution in [3.8, 4) is 0 Å². The van der Waals surface area contributed by atoms with E-state index in [1.54, 1.807) is 0 Å². The van der Waals surface area contributed by atoms with Gasteiger partial charge >= 0.3 is 0 Å². The molecule has 2 fully saturated rings. The maximum Gasteiger partial charge on any atom is 0.00980 e. The van der Waals surface area contributed by atoms with E-state index in [0.29, 0.717) is 5.41 Å². The highest BCUT2D eigenvalue weighted by molar-refractivity contribution is 4.89. The number of hydrogen-bond acceptors (Lipinski definition) is 1. The Labute approximate surface area is 95.0 Å². The van der Waals surface area contributed by atoms with Gasteiger partial charge in [-0.15, -0.1) is 0 Å². The molecule has 0 spiro atoms. The summed E-state index contributed by atoms with van der Waals surface area (Å²) in [6, 6.07) is 0.827. The van der Waals surface area contributed by atoms with Gasteiger partial charge in [0.05, 0.1) is 0 Å². The fourth-order valence-electron chi connectivity index (χ4n) is 3.42. The molecular weight excluding hydrogens is 182 g/mol. The Morgan fingerprint density at radius 2 is 1.80 bits per heavy atom. The van der Waals surface area contributed by atoms with E-state index < -0.39 is 0 Å². The highest BCUT2D eigenvalue weighted by Gasteiger charge is 2.33. The zero-order valence-corrected chi connectivity index (χ0v) is 10.7. The van der Waals surface area contributed by atoms with Crippen LogP contribution in [-0.2, 0) is 0 Å². The molecule has 1 heteroatoms.